The maximum Gasteiger partial charge on any atom is 0.490 e. The lowest BCUT2D eigenvalue weighted by Gasteiger charge is -2.09. The molecular formula is C22H16BrF5N4O4S3. The number of carboxylic acids is 1. The number of alkyl halides is 3. The molecule has 2 aromatic carbocycles. The third-order valence-electron chi connectivity index (χ3n) is 4.95. The highest BCUT2D eigenvalue weighted by atomic mass is 79.9. The molecule has 0 saturated heterocycles. The van der Waals surface area contributed by atoms with Crippen LogP contribution >= 0.6 is 39.0 Å². The van der Waals surface area contributed by atoms with E-state index in [9.17, 15) is 30.4 Å². The van der Waals surface area contributed by atoms with Crippen molar-refractivity contribution in [3.8, 4) is 0 Å². The van der Waals surface area contributed by atoms with Crippen LogP contribution in [0.25, 0.3) is 11.0 Å². The number of halogens is 6. The number of fused-ring (bicyclic) bond motifs is 1. The van der Waals surface area contributed by atoms with E-state index in [1.54, 1.807) is 10.8 Å². The number of carbonyl (C=O) groups is 1. The molecule has 4 N–H and O–H groups in total. The van der Waals surface area contributed by atoms with Crippen molar-refractivity contribution in [3.05, 3.63) is 69.3 Å². The first-order chi connectivity index (χ1) is 18.1. The average molecular weight is 671 g/mol. The standard InChI is InChI=1S/C20H15BrF2N4O2S3.C2HF3O2/c1-30-20-17(7-16(31-20)19(24)25)32(28,29)12-5-13(21)18-15(6-12)26-9-27(18)8-10-4-11(22)2-3-14(10)23;3-2(4,5)1(6)7/h2-7,9H,8H2,1H3,(H3,24,25);(H,6,7). The second kappa shape index (κ2) is 11.6. The average Bonchev–Trinajstić information content (AvgIpc) is 3.46. The Bertz CT molecular complexity index is 1690. The molecule has 4 rings (SSSR count). The van der Waals surface area contributed by atoms with Gasteiger partial charge in [-0.3, -0.25) is 5.41 Å². The van der Waals surface area contributed by atoms with Crippen molar-refractivity contribution in [2.45, 2.75) is 26.7 Å². The van der Waals surface area contributed by atoms with Gasteiger partial charge in [0.05, 0.1) is 42.8 Å². The Kier molecular flexibility index (Phi) is 9.09. The van der Waals surface area contributed by atoms with Crippen molar-refractivity contribution in [1.82, 2.24) is 9.55 Å². The molecule has 39 heavy (non-hydrogen) atoms. The van der Waals surface area contributed by atoms with Crippen LogP contribution < -0.4 is 5.73 Å². The third-order valence-corrected chi connectivity index (χ3v) is 9.87. The van der Waals surface area contributed by atoms with Crippen molar-refractivity contribution < 1.29 is 40.3 Å². The fourth-order valence-electron chi connectivity index (χ4n) is 3.20. The van der Waals surface area contributed by atoms with Gasteiger partial charge in [-0.25, -0.2) is 27.0 Å². The molecule has 0 atom stereocenters. The smallest absolute Gasteiger partial charge is 0.475 e. The van der Waals surface area contributed by atoms with Gasteiger partial charge in [-0.2, -0.15) is 13.2 Å². The zero-order chi connectivity index (χ0) is 29.3. The molecule has 17 heteroatoms. The first kappa shape index (κ1) is 30.5. The number of sulfone groups is 1. The number of hydrogen-bond donors (Lipinski definition) is 3. The molecular weight excluding hydrogens is 655 g/mol. The fraction of sp³-hybridized carbons (Fsp3) is 0.136. The molecule has 4 aromatic rings. The number of nitrogens with zero attached hydrogens (tertiary/aromatic N) is 2. The van der Waals surface area contributed by atoms with E-state index in [4.69, 9.17) is 21.0 Å². The van der Waals surface area contributed by atoms with E-state index in [1.165, 1.54) is 36.3 Å². The normalized spacial score (nSPS) is 11.8. The molecule has 2 heterocycles. The minimum Gasteiger partial charge on any atom is -0.475 e. The maximum absolute atomic E-state index is 14.1. The van der Waals surface area contributed by atoms with Crippen LogP contribution in [0.2, 0.25) is 0 Å². The molecule has 0 unspecified atom stereocenters. The summed E-state index contributed by atoms with van der Waals surface area (Å²) in [6, 6.07) is 7.50. The van der Waals surface area contributed by atoms with Crippen LogP contribution in [-0.4, -0.2) is 47.3 Å². The van der Waals surface area contributed by atoms with Crippen LogP contribution in [0.3, 0.4) is 0 Å². The topological polar surface area (TPSA) is 139 Å². The monoisotopic (exact) mass is 670 g/mol. The van der Waals surface area contributed by atoms with Crippen LogP contribution in [0.5, 0.6) is 0 Å². The summed E-state index contributed by atoms with van der Waals surface area (Å²) in [7, 11) is -3.92. The van der Waals surface area contributed by atoms with Gasteiger partial charge in [0, 0.05) is 10.0 Å². The Morgan fingerprint density at radius 1 is 1.23 bits per heavy atom. The lowest BCUT2D eigenvalue weighted by Crippen LogP contribution is -2.21. The maximum atomic E-state index is 14.1. The number of imidazole rings is 1. The number of nitrogens with one attached hydrogen (secondary N) is 1. The zero-order valence-electron chi connectivity index (χ0n) is 19.4. The molecule has 0 amide bonds. The van der Waals surface area contributed by atoms with E-state index in [1.807, 2.05) is 0 Å². The molecule has 0 aliphatic rings. The van der Waals surface area contributed by atoms with Crippen LogP contribution in [0.4, 0.5) is 22.0 Å². The molecule has 8 nitrogen and oxygen atoms in total. The Morgan fingerprint density at radius 2 is 1.87 bits per heavy atom. The second-order valence-corrected chi connectivity index (χ2v) is 12.5. The Morgan fingerprint density at radius 3 is 2.44 bits per heavy atom. The summed E-state index contributed by atoms with van der Waals surface area (Å²) in [6.45, 7) is 0.0217. The van der Waals surface area contributed by atoms with Gasteiger partial charge in [0.15, 0.2) is 0 Å². The number of aliphatic carboxylic acids is 1. The van der Waals surface area contributed by atoms with E-state index in [0.717, 1.165) is 29.5 Å². The number of nitrogens with two attached hydrogens (primary N) is 1. The number of thiophene rings is 1. The highest BCUT2D eigenvalue weighted by molar-refractivity contribution is 9.10. The second-order valence-electron chi connectivity index (χ2n) is 7.57. The van der Waals surface area contributed by atoms with Gasteiger partial charge < -0.3 is 15.4 Å². The molecule has 0 radical (unpaired) electrons. The first-order valence-corrected chi connectivity index (χ1v) is 14.5. The number of thioether (sulfide) groups is 1. The minimum atomic E-state index is -5.08. The van der Waals surface area contributed by atoms with Crippen LogP contribution in [-0.2, 0) is 21.2 Å². The molecule has 0 spiro atoms. The van der Waals surface area contributed by atoms with Gasteiger partial charge in [-0.05, 0) is 58.6 Å². The highest BCUT2D eigenvalue weighted by Crippen LogP contribution is 2.38. The van der Waals surface area contributed by atoms with E-state index in [-0.39, 0.29) is 27.7 Å². The number of hydrogen-bond acceptors (Lipinski definition) is 7. The van der Waals surface area contributed by atoms with Crippen molar-refractivity contribution in [1.29, 1.82) is 5.41 Å². The number of amidine groups is 1. The number of benzene rings is 2. The summed E-state index contributed by atoms with van der Waals surface area (Å²) in [5, 5.41) is 14.7. The van der Waals surface area contributed by atoms with Gasteiger partial charge in [-0.1, -0.05) is 0 Å². The largest absolute Gasteiger partial charge is 0.490 e. The van der Waals surface area contributed by atoms with Crippen molar-refractivity contribution in [3.63, 3.8) is 0 Å². The molecule has 0 fully saturated rings. The number of nitrogen functional groups attached to an aromatic ring is 1. The van der Waals surface area contributed by atoms with Gasteiger partial charge in [0.2, 0.25) is 9.84 Å². The predicted molar refractivity (Wildman–Crippen MR) is 139 cm³/mol. The fourth-order valence-corrected chi connectivity index (χ4v) is 7.93. The third kappa shape index (κ3) is 6.77. The van der Waals surface area contributed by atoms with Gasteiger partial charge in [-0.15, -0.1) is 23.1 Å². The lowest BCUT2D eigenvalue weighted by atomic mass is 10.2. The van der Waals surface area contributed by atoms with Crippen LogP contribution in [0.15, 0.2) is 61.2 Å². The first-order valence-electron chi connectivity index (χ1n) is 10.2. The van der Waals surface area contributed by atoms with Crippen molar-refractivity contribution >= 4 is 71.7 Å². The molecule has 2 aromatic heterocycles. The number of rotatable bonds is 6. The number of aromatic nitrogens is 2. The Hall–Kier alpha value is -3.02. The molecule has 0 saturated carbocycles. The summed E-state index contributed by atoms with van der Waals surface area (Å²) < 4.78 is 88.7. The van der Waals surface area contributed by atoms with Crippen LogP contribution in [0.1, 0.15) is 10.4 Å². The van der Waals surface area contributed by atoms with Crippen LogP contribution in [0, 0.1) is 17.0 Å². The number of carboxylic acid groups (broad SMARTS) is 1. The molecule has 0 aliphatic heterocycles. The quantitative estimate of drug-likeness (QED) is 0.104. The lowest BCUT2D eigenvalue weighted by molar-refractivity contribution is -0.192. The Labute approximate surface area is 234 Å². The highest BCUT2D eigenvalue weighted by Gasteiger charge is 2.38. The predicted octanol–water partition coefficient (Wildman–Crippen LogP) is 5.66. The summed E-state index contributed by atoms with van der Waals surface area (Å²) in [4.78, 5) is 13.6. The minimum absolute atomic E-state index is 0.0160. The Balaban J connectivity index is 0.000000532. The molecule has 208 valence electrons. The zero-order valence-corrected chi connectivity index (χ0v) is 23.4. The van der Waals surface area contributed by atoms with Gasteiger partial charge in [0.25, 0.3) is 0 Å². The molecule has 0 bridgehead atoms. The van der Waals surface area contributed by atoms with E-state index in [2.05, 4.69) is 20.9 Å². The molecule has 0 aliphatic carbocycles. The van der Waals surface area contributed by atoms with Crippen molar-refractivity contribution in [2.75, 3.05) is 6.26 Å². The summed E-state index contributed by atoms with van der Waals surface area (Å²) in [5.41, 5.74) is 6.61. The summed E-state index contributed by atoms with van der Waals surface area (Å²) in [6.07, 6.45) is -1.89. The van der Waals surface area contributed by atoms with E-state index >= 15 is 0 Å². The van der Waals surface area contributed by atoms with Gasteiger partial charge in [0.1, 0.15) is 17.5 Å². The van der Waals surface area contributed by atoms with Crippen molar-refractivity contribution in [2.24, 2.45) is 5.73 Å². The van der Waals surface area contributed by atoms with E-state index in [0.29, 0.717) is 24.6 Å². The van der Waals surface area contributed by atoms with E-state index < -0.39 is 33.6 Å². The SMILES string of the molecule is CSc1sc(C(=N)N)cc1S(=O)(=O)c1cc(Br)c2c(c1)ncn2Cc1cc(F)ccc1F.O=C(O)C(F)(F)F. The summed E-state index contributed by atoms with van der Waals surface area (Å²) >= 11 is 5.81. The summed E-state index contributed by atoms with van der Waals surface area (Å²) in [5.74, 6) is -4.06. The van der Waals surface area contributed by atoms with Gasteiger partial charge >= 0.3 is 12.1 Å².